The van der Waals surface area contributed by atoms with E-state index in [0.717, 1.165) is 31.5 Å². The van der Waals surface area contributed by atoms with Crippen LogP contribution in [0.4, 0.5) is 13.2 Å². The van der Waals surface area contributed by atoms with Gasteiger partial charge >= 0.3 is 6.18 Å². The molecule has 21 heavy (non-hydrogen) atoms. The minimum absolute atomic E-state index is 0.0754. The Balaban J connectivity index is 1.99. The molecule has 116 valence electrons. The van der Waals surface area contributed by atoms with Gasteiger partial charge in [0, 0.05) is 18.0 Å². The second-order valence-electron chi connectivity index (χ2n) is 5.64. The highest BCUT2D eigenvalue weighted by Crippen LogP contribution is 2.30. The lowest BCUT2D eigenvalue weighted by Crippen LogP contribution is -2.34. The van der Waals surface area contributed by atoms with Crippen LogP contribution in [0.15, 0.2) is 18.2 Å². The standard InChI is InChI=1S/C16H20F3NO/c1-11-10-12(16(17,18)19)5-7-14(11)15(21)8-6-13-4-2-3-9-20-13/h5,7,10,13,20H,2-4,6,8-9H2,1H3. The van der Waals surface area contributed by atoms with Crippen molar-refractivity contribution in [1.82, 2.24) is 5.32 Å². The van der Waals surface area contributed by atoms with Gasteiger partial charge in [0.1, 0.15) is 0 Å². The first-order chi connectivity index (χ1) is 9.88. The lowest BCUT2D eigenvalue weighted by molar-refractivity contribution is -0.137. The molecule has 0 amide bonds. The van der Waals surface area contributed by atoms with Crippen LogP contribution < -0.4 is 5.32 Å². The first-order valence-corrected chi connectivity index (χ1v) is 7.32. The topological polar surface area (TPSA) is 29.1 Å². The number of hydrogen-bond donors (Lipinski definition) is 1. The van der Waals surface area contributed by atoms with Crippen molar-refractivity contribution in [3.63, 3.8) is 0 Å². The lowest BCUT2D eigenvalue weighted by atomic mass is 9.95. The first kappa shape index (κ1) is 16.0. The Kier molecular flexibility index (Phi) is 5.04. The number of aryl methyl sites for hydroxylation is 1. The normalized spacial score (nSPS) is 19.5. The van der Waals surface area contributed by atoms with E-state index in [2.05, 4.69) is 5.32 Å². The minimum Gasteiger partial charge on any atom is -0.314 e. The molecule has 0 aromatic heterocycles. The number of nitrogens with one attached hydrogen (secondary N) is 1. The summed E-state index contributed by atoms with van der Waals surface area (Å²) in [6.07, 6.45) is 0.175. The van der Waals surface area contributed by atoms with Gasteiger partial charge in [-0.2, -0.15) is 13.2 Å². The van der Waals surface area contributed by atoms with Crippen LogP contribution in [-0.2, 0) is 6.18 Å². The van der Waals surface area contributed by atoms with Gasteiger partial charge in [0.15, 0.2) is 5.78 Å². The third-order valence-electron chi connectivity index (χ3n) is 3.99. The summed E-state index contributed by atoms with van der Waals surface area (Å²) in [6.45, 7) is 2.54. The fourth-order valence-electron chi connectivity index (χ4n) is 2.76. The van der Waals surface area contributed by atoms with Crippen LogP contribution in [0.2, 0.25) is 0 Å². The van der Waals surface area contributed by atoms with Crippen molar-refractivity contribution in [3.8, 4) is 0 Å². The summed E-state index contributed by atoms with van der Waals surface area (Å²) < 4.78 is 37.8. The van der Waals surface area contributed by atoms with Gasteiger partial charge in [-0.3, -0.25) is 4.79 Å². The lowest BCUT2D eigenvalue weighted by Gasteiger charge is -2.23. The molecule has 1 N–H and O–H groups in total. The number of benzene rings is 1. The zero-order chi connectivity index (χ0) is 15.5. The number of hydrogen-bond acceptors (Lipinski definition) is 2. The molecule has 1 saturated heterocycles. The maximum Gasteiger partial charge on any atom is 0.416 e. The molecule has 0 spiro atoms. The Morgan fingerprint density at radius 3 is 2.67 bits per heavy atom. The largest absolute Gasteiger partial charge is 0.416 e. The van der Waals surface area contributed by atoms with Crippen molar-refractivity contribution in [1.29, 1.82) is 0 Å². The number of halogens is 3. The molecular formula is C16H20F3NO. The summed E-state index contributed by atoms with van der Waals surface area (Å²) in [7, 11) is 0. The second kappa shape index (κ2) is 6.60. The average Bonchev–Trinajstić information content (AvgIpc) is 2.45. The summed E-state index contributed by atoms with van der Waals surface area (Å²) >= 11 is 0. The molecule has 1 unspecified atom stereocenters. The highest BCUT2D eigenvalue weighted by molar-refractivity contribution is 5.97. The number of rotatable bonds is 4. The van der Waals surface area contributed by atoms with Crippen LogP contribution in [0.5, 0.6) is 0 Å². The quantitative estimate of drug-likeness (QED) is 0.847. The van der Waals surface area contributed by atoms with Gasteiger partial charge < -0.3 is 5.32 Å². The fraction of sp³-hybridized carbons (Fsp3) is 0.562. The number of alkyl halides is 3. The number of carbonyl (C=O) groups is 1. The van der Waals surface area contributed by atoms with Gasteiger partial charge in [0.2, 0.25) is 0 Å². The molecule has 0 bridgehead atoms. The van der Waals surface area contributed by atoms with Crippen molar-refractivity contribution in [2.45, 2.75) is 51.2 Å². The molecule has 0 aliphatic carbocycles. The Bertz CT molecular complexity index is 505. The van der Waals surface area contributed by atoms with Crippen LogP contribution in [0.25, 0.3) is 0 Å². The molecule has 2 nitrogen and oxygen atoms in total. The molecule has 1 heterocycles. The van der Waals surface area contributed by atoms with Gasteiger partial charge in [0.05, 0.1) is 5.56 Å². The smallest absolute Gasteiger partial charge is 0.314 e. The molecule has 1 atom stereocenters. The maximum absolute atomic E-state index is 12.6. The van der Waals surface area contributed by atoms with E-state index in [1.807, 2.05) is 0 Å². The Labute approximate surface area is 122 Å². The van der Waals surface area contributed by atoms with E-state index in [4.69, 9.17) is 0 Å². The van der Waals surface area contributed by atoms with Gasteiger partial charge in [-0.25, -0.2) is 0 Å². The molecule has 1 aromatic carbocycles. The molecule has 1 aliphatic heterocycles. The molecule has 0 radical (unpaired) electrons. The average molecular weight is 299 g/mol. The van der Waals surface area contributed by atoms with Crippen LogP contribution in [0.3, 0.4) is 0 Å². The summed E-state index contributed by atoms with van der Waals surface area (Å²) in [5.74, 6) is -0.0754. The third-order valence-corrected chi connectivity index (χ3v) is 3.99. The van der Waals surface area contributed by atoms with Gasteiger partial charge in [0.25, 0.3) is 0 Å². The first-order valence-electron chi connectivity index (χ1n) is 7.32. The van der Waals surface area contributed by atoms with Crippen molar-refractivity contribution in [2.75, 3.05) is 6.54 Å². The van der Waals surface area contributed by atoms with Crippen LogP contribution in [-0.4, -0.2) is 18.4 Å². The minimum atomic E-state index is -4.36. The SMILES string of the molecule is Cc1cc(C(F)(F)F)ccc1C(=O)CCC1CCCCN1. The van der Waals surface area contributed by atoms with E-state index >= 15 is 0 Å². The van der Waals surface area contributed by atoms with Crippen molar-refractivity contribution >= 4 is 5.78 Å². The van der Waals surface area contributed by atoms with E-state index in [1.165, 1.54) is 18.9 Å². The van der Waals surface area contributed by atoms with Gasteiger partial charge in [-0.1, -0.05) is 12.5 Å². The highest BCUT2D eigenvalue weighted by Gasteiger charge is 2.31. The van der Waals surface area contributed by atoms with Gasteiger partial charge in [-0.15, -0.1) is 0 Å². The molecule has 1 aliphatic rings. The Hall–Kier alpha value is -1.36. The predicted octanol–water partition coefficient (Wildman–Crippen LogP) is 4.12. The molecule has 1 aromatic rings. The summed E-state index contributed by atoms with van der Waals surface area (Å²) in [5, 5.41) is 3.37. The predicted molar refractivity (Wildman–Crippen MR) is 75.4 cm³/mol. The van der Waals surface area contributed by atoms with Crippen LogP contribution in [0, 0.1) is 6.92 Å². The van der Waals surface area contributed by atoms with Crippen LogP contribution >= 0.6 is 0 Å². The summed E-state index contributed by atoms with van der Waals surface area (Å²) in [6, 6.07) is 3.69. The van der Waals surface area contributed by atoms with Crippen molar-refractivity contribution in [3.05, 3.63) is 34.9 Å². The molecule has 1 fully saturated rings. The van der Waals surface area contributed by atoms with Crippen molar-refractivity contribution in [2.24, 2.45) is 0 Å². The fourth-order valence-corrected chi connectivity index (χ4v) is 2.76. The number of Topliss-reactive ketones (excluding diaryl/α,β-unsaturated/α-hetero) is 1. The van der Waals surface area contributed by atoms with E-state index in [0.29, 0.717) is 23.6 Å². The Morgan fingerprint density at radius 2 is 2.10 bits per heavy atom. The van der Waals surface area contributed by atoms with Gasteiger partial charge in [-0.05, 0) is 50.4 Å². The van der Waals surface area contributed by atoms with E-state index in [9.17, 15) is 18.0 Å². The maximum atomic E-state index is 12.6. The summed E-state index contributed by atoms with van der Waals surface area (Å²) in [4.78, 5) is 12.2. The number of carbonyl (C=O) groups excluding carboxylic acids is 1. The number of piperidine rings is 1. The zero-order valence-corrected chi connectivity index (χ0v) is 12.1. The van der Waals surface area contributed by atoms with E-state index < -0.39 is 11.7 Å². The molecule has 2 rings (SSSR count). The van der Waals surface area contributed by atoms with E-state index in [-0.39, 0.29) is 5.78 Å². The Morgan fingerprint density at radius 1 is 1.33 bits per heavy atom. The molecule has 0 saturated carbocycles. The van der Waals surface area contributed by atoms with E-state index in [1.54, 1.807) is 6.92 Å². The zero-order valence-electron chi connectivity index (χ0n) is 12.1. The highest BCUT2D eigenvalue weighted by atomic mass is 19.4. The summed E-state index contributed by atoms with van der Waals surface area (Å²) in [5.41, 5.74) is 0.0933. The molecule has 5 heteroatoms. The second-order valence-corrected chi connectivity index (χ2v) is 5.64. The number of ketones is 1. The monoisotopic (exact) mass is 299 g/mol. The van der Waals surface area contributed by atoms with Crippen molar-refractivity contribution < 1.29 is 18.0 Å². The van der Waals surface area contributed by atoms with Crippen LogP contribution in [0.1, 0.15) is 53.6 Å². The third kappa shape index (κ3) is 4.30. The molecular weight excluding hydrogens is 279 g/mol.